The van der Waals surface area contributed by atoms with Gasteiger partial charge in [-0.1, -0.05) is 172 Å². The predicted octanol–water partition coefficient (Wildman–Crippen LogP) is 10.7. The Balaban J connectivity index is 1.69. The lowest BCUT2D eigenvalue weighted by Crippen LogP contribution is -2.18. The summed E-state index contributed by atoms with van der Waals surface area (Å²) in [7, 11) is 2.25. The van der Waals surface area contributed by atoms with Gasteiger partial charge in [-0.15, -0.1) is 0 Å². The summed E-state index contributed by atoms with van der Waals surface area (Å²) in [5, 5.41) is 0. The summed E-state index contributed by atoms with van der Waals surface area (Å²) in [4.78, 5) is 2.46. The van der Waals surface area contributed by atoms with Crippen LogP contribution < -0.4 is 0 Å². The third-order valence-corrected chi connectivity index (χ3v) is 7.19. The predicted molar refractivity (Wildman–Crippen MR) is 150 cm³/mol. The van der Waals surface area contributed by atoms with Crippen LogP contribution in [0.1, 0.15) is 154 Å². The fourth-order valence-electron chi connectivity index (χ4n) is 4.96. The van der Waals surface area contributed by atoms with Gasteiger partial charge in [0.15, 0.2) is 0 Å². The molecule has 1 rings (SSSR count). The van der Waals surface area contributed by atoms with Crippen molar-refractivity contribution in [2.24, 2.45) is 0 Å². The van der Waals surface area contributed by atoms with E-state index in [-0.39, 0.29) is 0 Å². The van der Waals surface area contributed by atoms with Crippen LogP contribution in [0.15, 0.2) is 30.3 Å². The van der Waals surface area contributed by atoms with Gasteiger partial charge in [-0.3, -0.25) is 0 Å². The van der Waals surface area contributed by atoms with Gasteiger partial charge in [0.25, 0.3) is 0 Å². The fourth-order valence-corrected chi connectivity index (χ4v) is 4.96. The molecule has 0 aliphatic carbocycles. The van der Waals surface area contributed by atoms with Crippen molar-refractivity contribution in [1.82, 2.24) is 4.90 Å². The van der Waals surface area contributed by atoms with E-state index in [2.05, 4.69) is 49.2 Å². The zero-order valence-electron chi connectivity index (χ0n) is 22.8. The van der Waals surface area contributed by atoms with E-state index in [0.29, 0.717) is 0 Å². The molecule has 0 bridgehead atoms. The van der Waals surface area contributed by atoms with E-state index in [1.54, 1.807) is 0 Å². The molecule has 0 amide bonds. The Kier molecular flexibility index (Phi) is 22.3. The smallest absolute Gasteiger partial charge is 0.0230 e. The van der Waals surface area contributed by atoms with Gasteiger partial charge < -0.3 is 4.90 Å². The second-order valence-corrected chi connectivity index (χ2v) is 10.6. The molecule has 1 aromatic rings. The summed E-state index contributed by atoms with van der Waals surface area (Å²) in [5.41, 5.74) is 1.43. The first-order valence-corrected chi connectivity index (χ1v) is 15.1. The zero-order chi connectivity index (χ0) is 23.7. The van der Waals surface area contributed by atoms with E-state index < -0.39 is 0 Å². The lowest BCUT2D eigenvalue weighted by atomic mass is 10.0. The normalized spacial score (nSPS) is 11.5. The van der Waals surface area contributed by atoms with E-state index in [9.17, 15) is 0 Å². The molecule has 0 saturated carbocycles. The molecule has 0 radical (unpaired) electrons. The van der Waals surface area contributed by atoms with Crippen LogP contribution in [0, 0.1) is 0 Å². The standard InChI is InChI=1S/C32H59N/c1-3-4-5-6-7-8-9-10-11-12-13-14-15-16-17-18-19-20-21-22-23-27-30-33(2)31-32-28-25-24-26-29-32/h24-26,28-29H,3-23,27,30-31H2,1-2H3. The highest BCUT2D eigenvalue weighted by molar-refractivity contribution is 5.14. The Hall–Kier alpha value is -0.820. The Morgan fingerprint density at radius 2 is 0.788 bits per heavy atom. The minimum Gasteiger partial charge on any atom is -0.302 e. The molecule has 1 nitrogen and oxygen atoms in total. The molecular weight excluding hydrogens is 398 g/mol. The van der Waals surface area contributed by atoms with Crippen LogP contribution in [0.3, 0.4) is 0 Å². The van der Waals surface area contributed by atoms with Crippen LogP contribution in [-0.4, -0.2) is 18.5 Å². The second kappa shape index (κ2) is 24.3. The molecule has 0 unspecified atom stereocenters. The quantitative estimate of drug-likeness (QED) is 0.132. The summed E-state index contributed by atoms with van der Waals surface area (Å²) in [6.45, 7) is 4.62. The average Bonchev–Trinajstić information content (AvgIpc) is 2.83. The minimum absolute atomic E-state index is 1.08. The average molecular weight is 458 g/mol. The number of benzene rings is 1. The molecule has 1 aromatic carbocycles. The molecule has 0 N–H and O–H groups in total. The van der Waals surface area contributed by atoms with Gasteiger partial charge in [0.2, 0.25) is 0 Å². The number of hydrogen-bond donors (Lipinski definition) is 0. The highest BCUT2D eigenvalue weighted by atomic mass is 15.1. The van der Waals surface area contributed by atoms with Crippen molar-refractivity contribution < 1.29 is 0 Å². The summed E-state index contributed by atoms with van der Waals surface area (Å²) < 4.78 is 0. The Labute approximate surface area is 209 Å². The summed E-state index contributed by atoms with van der Waals surface area (Å²) >= 11 is 0. The minimum atomic E-state index is 1.08. The van der Waals surface area contributed by atoms with Gasteiger partial charge in [-0.2, -0.15) is 0 Å². The van der Waals surface area contributed by atoms with E-state index in [4.69, 9.17) is 0 Å². The summed E-state index contributed by atoms with van der Waals surface area (Å²) in [6.07, 6.45) is 32.1. The molecule has 0 aromatic heterocycles. The molecule has 0 heterocycles. The zero-order valence-corrected chi connectivity index (χ0v) is 22.8. The number of hydrogen-bond acceptors (Lipinski definition) is 1. The lowest BCUT2D eigenvalue weighted by molar-refractivity contribution is 0.316. The lowest BCUT2D eigenvalue weighted by Gasteiger charge is -2.16. The molecule has 0 atom stereocenters. The maximum absolute atomic E-state index is 2.46. The van der Waals surface area contributed by atoms with Crippen LogP contribution >= 0.6 is 0 Å². The van der Waals surface area contributed by atoms with Crippen molar-refractivity contribution in [3.05, 3.63) is 35.9 Å². The first-order valence-electron chi connectivity index (χ1n) is 15.1. The van der Waals surface area contributed by atoms with Crippen LogP contribution in [-0.2, 0) is 6.54 Å². The Morgan fingerprint density at radius 1 is 0.455 bits per heavy atom. The van der Waals surface area contributed by atoms with Crippen molar-refractivity contribution in [2.45, 2.75) is 155 Å². The third kappa shape index (κ3) is 21.5. The molecule has 192 valence electrons. The first-order chi connectivity index (χ1) is 16.3. The third-order valence-electron chi connectivity index (χ3n) is 7.19. The van der Waals surface area contributed by atoms with Gasteiger partial charge in [0.1, 0.15) is 0 Å². The van der Waals surface area contributed by atoms with Crippen LogP contribution in [0.25, 0.3) is 0 Å². The number of rotatable bonds is 25. The molecular formula is C32H59N. The van der Waals surface area contributed by atoms with E-state index in [1.165, 1.54) is 153 Å². The number of nitrogens with zero attached hydrogens (tertiary/aromatic N) is 1. The monoisotopic (exact) mass is 457 g/mol. The number of unbranched alkanes of at least 4 members (excludes halogenated alkanes) is 21. The van der Waals surface area contributed by atoms with E-state index in [1.807, 2.05) is 0 Å². The molecule has 0 aliphatic rings. The fraction of sp³-hybridized carbons (Fsp3) is 0.812. The van der Waals surface area contributed by atoms with Gasteiger partial charge in [0.05, 0.1) is 0 Å². The highest BCUT2D eigenvalue weighted by Crippen LogP contribution is 2.15. The van der Waals surface area contributed by atoms with Crippen molar-refractivity contribution in [3.63, 3.8) is 0 Å². The SMILES string of the molecule is CCCCCCCCCCCCCCCCCCCCCCCCN(C)Cc1ccccc1. The topological polar surface area (TPSA) is 3.24 Å². The molecule has 33 heavy (non-hydrogen) atoms. The van der Waals surface area contributed by atoms with Crippen LogP contribution in [0.4, 0.5) is 0 Å². The van der Waals surface area contributed by atoms with Crippen LogP contribution in [0.2, 0.25) is 0 Å². The van der Waals surface area contributed by atoms with E-state index in [0.717, 1.165) is 6.54 Å². The molecule has 0 spiro atoms. The largest absolute Gasteiger partial charge is 0.302 e. The Bertz CT molecular complexity index is 483. The van der Waals surface area contributed by atoms with Gasteiger partial charge in [-0.25, -0.2) is 0 Å². The molecule has 0 saturated heterocycles. The molecule has 1 heteroatoms. The first kappa shape index (κ1) is 30.2. The highest BCUT2D eigenvalue weighted by Gasteiger charge is 2.00. The van der Waals surface area contributed by atoms with Gasteiger partial charge in [-0.05, 0) is 25.6 Å². The maximum atomic E-state index is 2.46. The Morgan fingerprint density at radius 3 is 1.15 bits per heavy atom. The molecule has 0 aliphatic heterocycles. The van der Waals surface area contributed by atoms with Crippen molar-refractivity contribution in [1.29, 1.82) is 0 Å². The van der Waals surface area contributed by atoms with Crippen molar-refractivity contribution >= 4 is 0 Å². The van der Waals surface area contributed by atoms with Crippen LogP contribution in [0.5, 0.6) is 0 Å². The van der Waals surface area contributed by atoms with Crippen molar-refractivity contribution in [2.75, 3.05) is 13.6 Å². The second-order valence-electron chi connectivity index (χ2n) is 10.6. The summed E-state index contributed by atoms with van der Waals surface area (Å²) in [5.74, 6) is 0. The van der Waals surface area contributed by atoms with Gasteiger partial charge >= 0.3 is 0 Å². The van der Waals surface area contributed by atoms with E-state index >= 15 is 0 Å². The van der Waals surface area contributed by atoms with Gasteiger partial charge in [0, 0.05) is 6.54 Å². The van der Waals surface area contributed by atoms with Crippen molar-refractivity contribution in [3.8, 4) is 0 Å². The molecule has 0 fully saturated rings. The summed E-state index contributed by atoms with van der Waals surface area (Å²) in [6, 6.07) is 10.8. The maximum Gasteiger partial charge on any atom is 0.0230 e.